The number of benzene rings is 1. The van der Waals surface area contributed by atoms with Gasteiger partial charge in [0.1, 0.15) is 6.04 Å². The Balaban J connectivity index is 1.50. The Kier molecular flexibility index (Phi) is 4.71. The highest BCUT2D eigenvalue weighted by Crippen LogP contribution is 2.33. The van der Waals surface area contributed by atoms with E-state index in [0.29, 0.717) is 25.1 Å². The van der Waals surface area contributed by atoms with Gasteiger partial charge in [0.2, 0.25) is 11.8 Å². The van der Waals surface area contributed by atoms with Crippen LogP contribution in [-0.4, -0.2) is 60.6 Å². The van der Waals surface area contributed by atoms with Gasteiger partial charge in [0.15, 0.2) is 6.29 Å². The van der Waals surface area contributed by atoms with Gasteiger partial charge in [-0.2, -0.15) is 0 Å². The molecule has 1 aromatic carbocycles. The minimum Gasteiger partial charge on any atom is -0.355 e. The quantitative estimate of drug-likeness (QED) is 0.593. The lowest BCUT2D eigenvalue weighted by molar-refractivity contribution is -0.136. The molecule has 1 saturated heterocycles. The van der Waals surface area contributed by atoms with Gasteiger partial charge in [-0.05, 0) is 29.2 Å². The van der Waals surface area contributed by atoms with Gasteiger partial charge in [-0.25, -0.2) is 0 Å². The van der Waals surface area contributed by atoms with Crippen molar-refractivity contribution in [3.05, 3.63) is 34.4 Å². The first-order valence-electron chi connectivity index (χ1n) is 9.07. The molecule has 1 N–H and O–H groups in total. The molecule has 0 bridgehead atoms. The number of rotatable bonds is 5. The number of imide groups is 1. The van der Waals surface area contributed by atoms with Crippen molar-refractivity contribution >= 4 is 17.7 Å². The molecule has 27 heavy (non-hydrogen) atoms. The Morgan fingerprint density at radius 3 is 2.44 bits per heavy atom. The Morgan fingerprint density at radius 2 is 1.78 bits per heavy atom. The summed E-state index contributed by atoms with van der Waals surface area (Å²) >= 11 is 0. The molecule has 1 unspecified atom stereocenters. The molecule has 8 heteroatoms. The fourth-order valence-electron chi connectivity index (χ4n) is 4.13. The van der Waals surface area contributed by atoms with Crippen LogP contribution in [0.25, 0.3) is 0 Å². The van der Waals surface area contributed by atoms with Gasteiger partial charge in [-0.3, -0.25) is 24.6 Å². The maximum Gasteiger partial charge on any atom is 0.255 e. The van der Waals surface area contributed by atoms with Crippen LogP contribution < -0.4 is 5.32 Å². The number of nitrogens with one attached hydrogen (secondary N) is 1. The number of piperidine rings is 1. The SMILES string of the molecule is COC(CN1Cc2cc3c(cc2C1)C(=O)N(C1CCC(=O)NC1=O)C3)OC. The van der Waals surface area contributed by atoms with Crippen LogP contribution in [0.4, 0.5) is 0 Å². The molecule has 0 aromatic heterocycles. The first-order valence-corrected chi connectivity index (χ1v) is 9.07. The number of nitrogens with zero attached hydrogens (tertiary/aromatic N) is 2. The van der Waals surface area contributed by atoms with Crippen molar-refractivity contribution in [1.29, 1.82) is 0 Å². The predicted molar refractivity (Wildman–Crippen MR) is 94.4 cm³/mol. The summed E-state index contributed by atoms with van der Waals surface area (Å²) < 4.78 is 10.5. The first kappa shape index (κ1) is 18.1. The van der Waals surface area contributed by atoms with E-state index < -0.39 is 6.04 Å². The van der Waals surface area contributed by atoms with Crippen LogP contribution in [-0.2, 0) is 38.7 Å². The standard InChI is InChI=1S/C19H23N3O5/c1-26-17(27-2)10-21-7-11-5-13-9-22(15-3-4-16(23)20-18(15)24)19(25)14(13)6-12(11)8-21/h5-6,15,17H,3-4,7-10H2,1-2H3,(H,20,23,24). The molecular formula is C19H23N3O5. The van der Waals surface area contributed by atoms with Crippen LogP contribution in [0.3, 0.4) is 0 Å². The number of ether oxygens (including phenoxy) is 2. The molecule has 3 aliphatic heterocycles. The third kappa shape index (κ3) is 3.24. The average Bonchev–Trinajstić information content (AvgIpc) is 3.18. The molecule has 1 aromatic rings. The summed E-state index contributed by atoms with van der Waals surface area (Å²) in [7, 11) is 3.24. The summed E-state index contributed by atoms with van der Waals surface area (Å²) in [5.41, 5.74) is 3.92. The smallest absolute Gasteiger partial charge is 0.255 e. The summed E-state index contributed by atoms with van der Waals surface area (Å²) in [5.74, 6) is -0.784. The molecule has 3 amide bonds. The van der Waals surface area contributed by atoms with Crippen molar-refractivity contribution in [3.63, 3.8) is 0 Å². The highest BCUT2D eigenvalue weighted by molar-refractivity contribution is 6.05. The molecule has 0 radical (unpaired) electrons. The summed E-state index contributed by atoms with van der Waals surface area (Å²) in [4.78, 5) is 40.2. The molecule has 8 nitrogen and oxygen atoms in total. The topological polar surface area (TPSA) is 88.2 Å². The minimum atomic E-state index is -0.571. The van der Waals surface area contributed by atoms with Crippen molar-refractivity contribution in [2.75, 3.05) is 20.8 Å². The number of methoxy groups -OCH3 is 2. The molecule has 4 rings (SSSR count). The number of amides is 3. The normalized spacial score (nSPS) is 22.4. The summed E-state index contributed by atoms with van der Waals surface area (Å²) in [6, 6.07) is 3.45. The molecule has 144 valence electrons. The number of hydrogen-bond acceptors (Lipinski definition) is 6. The fourth-order valence-corrected chi connectivity index (χ4v) is 4.13. The Bertz CT molecular complexity index is 805. The van der Waals surface area contributed by atoms with E-state index in [0.717, 1.165) is 24.2 Å². The molecule has 3 heterocycles. The van der Waals surface area contributed by atoms with Crippen LogP contribution in [0.2, 0.25) is 0 Å². The van der Waals surface area contributed by atoms with E-state index in [2.05, 4.69) is 16.3 Å². The lowest BCUT2D eigenvalue weighted by Gasteiger charge is -2.29. The van der Waals surface area contributed by atoms with Gasteiger partial charge >= 0.3 is 0 Å². The number of carbonyl (C=O) groups excluding carboxylic acids is 3. The van der Waals surface area contributed by atoms with E-state index in [-0.39, 0.29) is 30.4 Å². The zero-order valence-electron chi connectivity index (χ0n) is 15.5. The molecule has 0 aliphatic carbocycles. The molecule has 0 spiro atoms. The molecule has 3 aliphatic rings. The van der Waals surface area contributed by atoms with E-state index in [1.807, 2.05) is 6.07 Å². The van der Waals surface area contributed by atoms with E-state index >= 15 is 0 Å². The van der Waals surface area contributed by atoms with Gasteiger partial charge in [-0.1, -0.05) is 6.07 Å². The summed E-state index contributed by atoms with van der Waals surface area (Å²) in [6.07, 6.45) is 0.367. The summed E-state index contributed by atoms with van der Waals surface area (Å²) in [6.45, 7) is 2.57. The lowest BCUT2D eigenvalue weighted by atomic mass is 10.0. The van der Waals surface area contributed by atoms with Crippen LogP contribution in [0, 0.1) is 0 Å². The predicted octanol–water partition coefficient (Wildman–Crippen LogP) is 0.382. The van der Waals surface area contributed by atoms with Gasteiger partial charge < -0.3 is 14.4 Å². The van der Waals surface area contributed by atoms with Gasteiger partial charge in [0.25, 0.3) is 5.91 Å². The summed E-state index contributed by atoms with van der Waals surface area (Å²) in [5, 5.41) is 2.33. The maximum atomic E-state index is 12.9. The largest absolute Gasteiger partial charge is 0.355 e. The van der Waals surface area contributed by atoms with Gasteiger partial charge in [0.05, 0.1) is 6.54 Å². The van der Waals surface area contributed by atoms with Crippen LogP contribution in [0.5, 0.6) is 0 Å². The van der Waals surface area contributed by atoms with Crippen LogP contribution in [0.15, 0.2) is 12.1 Å². The van der Waals surface area contributed by atoms with E-state index in [4.69, 9.17) is 9.47 Å². The molecule has 0 saturated carbocycles. The average molecular weight is 373 g/mol. The zero-order chi connectivity index (χ0) is 19.1. The van der Waals surface area contributed by atoms with E-state index in [1.165, 1.54) is 5.56 Å². The number of hydrogen-bond donors (Lipinski definition) is 1. The highest BCUT2D eigenvalue weighted by Gasteiger charge is 2.40. The Hall–Kier alpha value is -2.29. The highest BCUT2D eigenvalue weighted by atomic mass is 16.7. The first-order chi connectivity index (χ1) is 13.0. The van der Waals surface area contributed by atoms with Crippen molar-refractivity contribution in [2.24, 2.45) is 0 Å². The lowest BCUT2D eigenvalue weighted by Crippen LogP contribution is -2.52. The Morgan fingerprint density at radius 1 is 1.07 bits per heavy atom. The van der Waals surface area contributed by atoms with Gasteiger partial charge in [0, 0.05) is 45.8 Å². The van der Waals surface area contributed by atoms with Crippen LogP contribution in [0.1, 0.15) is 39.9 Å². The fraction of sp³-hybridized carbons (Fsp3) is 0.526. The number of fused-ring (bicyclic) bond motifs is 2. The van der Waals surface area contributed by atoms with Crippen molar-refractivity contribution in [2.45, 2.75) is 44.8 Å². The second kappa shape index (κ2) is 7.03. The van der Waals surface area contributed by atoms with E-state index in [1.54, 1.807) is 19.1 Å². The molecule has 1 atom stereocenters. The molecule has 1 fully saturated rings. The maximum absolute atomic E-state index is 12.9. The third-order valence-corrected chi connectivity index (χ3v) is 5.56. The van der Waals surface area contributed by atoms with E-state index in [9.17, 15) is 14.4 Å². The van der Waals surface area contributed by atoms with Crippen molar-refractivity contribution < 1.29 is 23.9 Å². The minimum absolute atomic E-state index is 0.132. The Labute approximate surface area is 157 Å². The monoisotopic (exact) mass is 373 g/mol. The van der Waals surface area contributed by atoms with Gasteiger partial charge in [-0.15, -0.1) is 0 Å². The second-order valence-electron chi connectivity index (χ2n) is 7.25. The second-order valence-corrected chi connectivity index (χ2v) is 7.25. The van der Waals surface area contributed by atoms with Crippen molar-refractivity contribution in [1.82, 2.24) is 15.1 Å². The third-order valence-electron chi connectivity index (χ3n) is 5.56. The van der Waals surface area contributed by atoms with Crippen LogP contribution >= 0.6 is 0 Å². The van der Waals surface area contributed by atoms with Crippen molar-refractivity contribution in [3.8, 4) is 0 Å². The molecular weight excluding hydrogens is 350 g/mol. The number of carbonyl (C=O) groups is 3. The zero-order valence-corrected chi connectivity index (χ0v) is 15.5.